The fourth-order valence-corrected chi connectivity index (χ4v) is 4.95. The number of halogens is 2. The summed E-state index contributed by atoms with van der Waals surface area (Å²) in [7, 11) is 5.08. The monoisotopic (exact) mass is 588 g/mol. The largest absolute Gasteiger partial charge is 0.480 e. The normalized spacial score (nSPS) is 11.4. The Morgan fingerprint density at radius 3 is 2.23 bits per heavy atom. The highest BCUT2D eigenvalue weighted by atomic mass is 19.1. The first kappa shape index (κ1) is 29.5. The summed E-state index contributed by atoms with van der Waals surface area (Å²) in [5, 5.41) is 7.90. The van der Waals surface area contributed by atoms with Gasteiger partial charge in [0, 0.05) is 48.3 Å². The van der Waals surface area contributed by atoms with Crippen molar-refractivity contribution in [1.82, 2.24) is 28.9 Å². The lowest BCUT2D eigenvalue weighted by molar-refractivity contribution is -0.118. The van der Waals surface area contributed by atoms with E-state index in [0.717, 1.165) is 32.5 Å². The minimum Gasteiger partial charge on any atom is -0.480 e. The number of methoxy groups -OCH3 is 1. The molecule has 0 amide bonds. The van der Waals surface area contributed by atoms with Gasteiger partial charge in [-0.25, -0.2) is 22.8 Å². The van der Waals surface area contributed by atoms with Crippen LogP contribution in [0.25, 0.3) is 22.5 Å². The Hall–Kier alpha value is -4.97. The maximum absolute atomic E-state index is 14.8. The van der Waals surface area contributed by atoms with E-state index in [1.54, 1.807) is 6.20 Å². The zero-order chi connectivity index (χ0) is 30.8. The van der Waals surface area contributed by atoms with Crippen LogP contribution in [0.3, 0.4) is 0 Å². The van der Waals surface area contributed by atoms with Crippen LogP contribution in [0, 0.1) is 11.6 Å². The van der Waals surface area contributed by atoms with Gasteiger partial charge in [0.2, 0.25) is 5.88 Å². The third-order valence-electron chi connectivity index (χ3n) is 7.14. The molecular weight excluding hydrogens is 558 g/mol. The maximum atomic E-state index is 14.8. The number of benzene rings is 2. The van der Waals surface area contributed by atoms with Crippen molar-refractivity contribution in [3.63, 3.8) is 0 Å². The van der Waals surface area contributed by atoms with Crippen LogP contribution in [-0.4, -0.2) is 55.8 Å². The standard InChI is InChI=1S/C31H30F2N6O4/c1-5-21(40)15-19-9-11-20(12-10-19)22-17-37-29(23(22)16-36(2)3)30(41)39(27-13-14-28(43-4)35-34-27)31(42)38(37)18-24-25(32)7-6-8-26(24)33/h6-14,17H,5,15-16,18H2,1-4H3. The number of fused-ring (bicyclic) bond motifs is 1. The fourth-order valence-electron chi connectivity index (χ4n) is 4.95. The summed E-state index contributed by atoms with van der Waals surface area (Å²) in [4.78, 5) is 41.9. The van der Waals surface area contributed by atoms with Crippen molar-refractivity contribution in [1.29, 1.82) is 0 Å². The van der Waals surface area contributed by atoms with E-state index in [-0.39, 0.29) is 28.6 Å². The molecule has 5 rings (SSSR count). The number of carbonyl (C=O) groups is 1. The molecule has 0 bridgehead atoms. The zero-order valence-corrected chi connectivity index (χ0v) is 24.2. The number of rotatable bonds is 10. The molecule has 0 aliphatic carbocycles. The van der Waals surface area contributed by atoms with E-state index in [1.807, 2.05) is 50.2 Å². The van der Waals surface area contributed by atoms with E-state index in [4.69, 9.17) is 4.74 Å². The summed E-state index contributed by atoms with van der Waals surface area (Å²) in [5.74, 6) is -1.46. The van der Waals surface area contributed by atoms with Crippen LogP contribution < -0.4 is 16.0 Å². The van der Waals surface area contributed by atoms with E-state index < -0.39 is 29.4 Å². The SMILES string of the molecule is CCC(=O)Cc1ccc(-c2cn3c(c2CN(C)C)c(=O)n(-c2ccc(OC)nn2)c(=O)n3Cc2c(F)cccc2F)cc1. The molecule has 2 aromatic carbocycles. The van der Waals surface area contributed by atoms with Crippen molar-refractivity contribution >= 4 is 11.3 Å². The van der Waals surface area contributed by atoms with Gasteiger partial charge in [0.05, 0.1) is 13.7 Å². The molecule has 0 saturated heterocycles. The third-order valence-corrected chi connectivity index (χ3v) is 7.14. The first-order chi connectivity index (χ1) is 20.6. The Labute approximate surface area is 245 Å². The third kappa shape index (κ3) is 5.73. The summed E-state index contributed by atoms with van der Waals surface area (Å²) < 4.78 is 38.0. The van der Waals surface area contributed by atoms with Crippen LogP contribution in [-0.2, 0) is 24.3 Å². The summed E-state index contributed by atoms with van der Waals surface area (Å²) in [6.07, 6.45) is 2.36. The molecule has 0 saturated carbocycles. The molecule has 0 atom stereocenters. The average molecular weight is 589 g/mol. The Morgan fingerprint density at radius 1 is 0.953 bits per heavy atom. The summed E-state index contributed by atoms with van der Waals surface area (Å²) in [6.45, 7) is 1.61. The molecule has 3 aromatic heterocycles. The van der Waals surface area contributed by atoms with Crippen LogP contribution in [0.4, 0.5) is 8.78 Å². The van der Waals surface area contributed by atoms with Gasteiger partial charge in [-0.15, -0.1) is 10.2 Å². The Bertz CT molecular complexity index is 1910. The molecule has 0 aliphatic rings. The van der Waals surface area contributed by atoms with Crippen molar-refractivity contribution in [2.45, 2.75) is 32.9 Å². The number of nitrogens with zero attached hydrogens (tertiary/aromatic N) is 6. The fraction of sp³-hybridized carbons (Fsp3) is 0.258. The smallest absolute Gasteiger partial charge is 0.352 e. The molecule has 12 heteroatoms. The molecule has 43 heavy (non-hydrogen) atoms. The molecule has 0 spiro atoms. The number of aromatic nitrogens is 5. The van der Waals surface area contributed by atoms with E-state index in [1.165, 1.54) is 29.8 Å². The molecule has 222 valence electrons. The summed E-state index contributed by atoms with van der Waals surface area (Å²) in [5.41, 5.74) is 1.05. The van der Waals surface area contributed by atoms with Gasteiger partial charge >= 0.3 is 5.69 Å². The van der Waals surface area contributed by atoms with Crippen molar-refractivity contribution < 1.29 is 18.3 Å². The first-order valence-electron chi connectivity index (χ1n) is 13.6. The maximum Gasteiger partial charge on any atom is 0.352 e. The predicted molar refractivity (Wildman–Crippen MR) is 157 cm³/mol. The highest BCUT2D eigenvalue weighted by molar-refractivity contribution is 5.81. The van der Waals surface area contributed by atoms with Gasteiger partial charge in [0.25, 0.3) is 5.56 Å². The minimum atomic E-state index is -0.869. The number of ether oxygens (including phenoxy) is 1. The van der Waals surface area contributed by atoms with E-state index in [9.17, 15) is 23.2 Å². The van der Waals surface area contributed by atoms with Crippen molar-refractivity contribution in [3.8, 4) is 22.8 Å². The van der Waals surface area contributed by atoms with Crippen LogP contribution >= 0.6 is 0 Å². The highest BCUT2D eigenvalue weighted by Gasteiger charge is 2.24. The van der Waals surface area contributed by atoms with Crippen LogP contribution in [0.2, 0.25) is 0 Å². The van der Waals surface area contributed by atoms with Crippen LogP contribution in [0.15, 0.2) is 70.4 Å². The molecule has 0 N–H and O–H groups in total. The van der Waals surface area contributed by atoms with Crippen LogP contribution in [0.1, 0.15) is 30.0 Å². The second-order valence-electron chi connectivity index (χ2n) is 10.3. The van der Waals surface area contributed by atoms with Crippen molar-refractivity contribution in [2.24, 2.45) is 0 Å². The number of Topliss-reactive ketones (excluding diaryl/α,β-unsaturated/α-hetero) is 1. The van der Waals surface area contributed by atoms with E-state index in [0.29, 0.717) is 30.5 Å². The Kier molecular flexibility index (Phi) is 8.31. The van der Waals surface area contributed by atoms with Gasteiger partial charge in [-0.1, -0.05) is 37.3 Å². The quantitative estimate of drug-likeness (QED) is 0.246. The van der Waals surface area contributed by atoms with Gasteiger partial charge in [-0.2, -0.15) is 0 Å². The lowest BCUT2D eigenvalue weighted by atomic mass is 10.00. The average Bonchev–Trinajstić information content (AvgIpc) is 3.35. The van der Waals surface area contributed by atoms with E-state index in [2.05, 4.69) is 10.2 Å². The lowest BCUT2D eigenvalue weighted by Crippen LogP contribution is -2.43. The van der Waals surface area contributed by atoms with Crippen molar-refractivity contribution in [2.75, 3.05) is 21.2 Å². The number of ketones is 1. The predicted octanol–water partition coefficient (Wildman–Crippen LogP) is 3.63. The lowest BCUT2D eigenvalue weighted by Gasteiger charge is -2.15. The van der Waals surface area contributed by atoms with Gasteiger partial charge in [0.1, 0.15) is 22.9 Å². The van der Waals surface area contributed by atoms with Crippen molar-refractivity contribution in [3.05, 3.63) is 110 Å². The first-order valence-corrected chi connectivity index (χ1v) is 13.6. The molecule has 3 heterocycles. The van der Waals surface area contributed by atoms with Gasteiger partial charge < -0.3 is 9.64 Å². The molecule has 0 aliphatic heterocycles. The minimum absolute atomic E-state index is 0.0791. The topological polar surface area (TPSA) is 104 Å². The Balaban J connectivity index is 1.82. The molecule has 0 unspecified atom stereocenters. The second kappa shape index (κ2) is 12.1. The molecule has 0 radical (unpaired) electrons. The summed E-state index contributed by atoms with van der Waals surface area (Å²) in [6, 6.07) is 13.7. The second-order valence-corrected chi connectivity index (χ2v) is 10.3. The van der Waals surface area contributed by atoms with Crippen LogP contribution in [0.5, 0.6) is 5.88 Å². The molecule has 5 aromatic rings. The molecule has 10 nitrogen and oxygen atoms in total. The summed E-state index contributed by atoms with van der Waals surface area (Å²) >= 11 is 0. The Morgan fingerprint density at radius 2 is 1.65 bits per heavy atom. The number of hydrogen-bond acceptors (Lipinski definition) is 7. The highest BCUT2D eigenvalue weighted by Crippen LogP contribution is 2.29. The van der Waals surface area contributed by atoms with Gasteiger partial charge in [0.15, 0.2) is 5.82 Å². The van der Waals surface area contributed by atoms with Gasteiger partial charge in [-0.05, 0) is 43.4 Å². The van der Waals surface area contributed by atoms with E-state index >= 15 is 0 Å². The molecular formula is C31H30F2N6O4. The molecule has 0 fully saturated rings. The number of hydrogen-bond donors (Lipinski definition) is 0. The number of carbonyl (C=O) groups excluding carboxylic acids is 1. The van der Waals surface area contributed by atoms with Gasteiger partial charge in [-0.3, -0.25) is 14.1 Å². The zero-order valence-electron chi connectivity index (χ0n) is 24.2.